The van der Waals surface area contributed by atoms with E-state index in [4.69, 9.17) is 0 Å². The van der Waals surface area contributed by atoms with Crippen LogP contribution in [0.4, 0.5) is 30.6 Å². The molecule has 3 rings (SSSR count). The fourth-order valence-electron chi connectivity index (χ4n) is 3.15. The van der Waals surface area contributed by atoms with E-state index >= 15 is 0 Å². The van der Waals surface area contributed by atoms with E-state index in [2.05, 4.69) is 30.9 Å². The molecule has 4 N–H and O–H groups in total. The molecule has 0 unspecified atom stereocenters. The van der Waals surface area contributed by atoms with Gasteiger partial charge in [0, 0.05) is 23.5 Å². The van der Waals surface area contributed by atoms with Crippen molar-refractivity contribution in [3.8, 4) is 0 Å². The second-order valence-corrected chi connectivity index (χ2v) is 7.48. The van der Waals surface area contributed by atoms with Crippen molar-refractivity contribution in [2.75, 3.05) is 17.2 Å². The van der Waals surface area contributed by atoms with E-state index in [9.17, 15) is 18.0 Å². The molecule has 166 valence electrons. The lowest BCUT2D eigenvalue weighted by Crippen LogP contribution is -2.30. The quantitative estimate of drug-likeness (QED) is 0.410. The number of alkyl halides is 3. The third-order valence-corrected chi connectivity index (χ3v) is 4.42. The van der Waals surface area contributed by atoms with Crippen molar-refractivity contribution in [2.45, 2.75) is 45.8 Å². The summed E-state index contributed by atoms with van der Waals surface area (Å²) < 4.78 is 38.0. The van der Waals surface area contributed by atoms with Gasteiger partial charge in [-0.3, -0.25) is 4.79 Å². The first-order valence-corrected chi connectivity index (χ1v) is 10.0. The zero-order chi connectivity index (χ0) is 22.6. The molecule has 2 heterocycles. The van der Waals surface area contributed by atoms with Gasteiger partial charge in [0.15, 0.2) is 0 Å². The number of benzene rings is 1. The van der Waals surface area contributed by atoms with Gasteiger partial charge < -0.3 is 20.9 Å². The Hall–Kier alpha value is -3.30. The number of nitrogens with zero attached hydrogens (tertiary/aromatic N) is 2. The summed E-state index contributed by atoms with van der Waals surface area (Å²) in [7, 11) is 0. The van der Waals surface area contributed by atoms with E-state index in [-0.39, 0.29) is 23.7 Å². The van der Waals surface area contributed by atoms with Crippen LogP contribution in [-0.2, 0) is 6.42 Å². The van der Waals surface area contributed by atoms with Crippen molar-refractivity contribution in [3.05, 3.63) is 41.6 Å². The number of halogens is 3. The molecule has 0 aliphatic rings. The molecule has 0 radical (unpaired) electrons. The number of nitrogens with one attached hydrogen (secondary N) is 4. The molecule has 10 heteroatoms. The number of aromatic nitrogens is 3. The van der Waals surface area contributed by atoms with Crippen molar-refractivity contribution in [3.63, 3.8) is 0 Å². The molecule has 0 bridgehead atoms. The summed E-state index contributed by atoms with van der Waals surface area (Å²) in [5, 5.41) is 8.71. The lowest BCUT2D eigenvalue weighted by Gasteiger charge is -2.15. The van der Waals surface area contributed by atoms with Gasteiger partial charge in [-0.2, -0.15) is 23.1 Å². The Bertz CT molecular complexity index is 1060. The maximum Gasteiger partial charge on any atom is 0.405 e. The van der Waals surface area contributed by atoms with E-state index < -0.39 is 12.7 Å². The lowest BCUT2D eigenvalue weighted by molar-refractivity contribution is -0.115. The van der Waals surface area contributed by atoms with Crippen LogP contribution in [0.15, 0.2) is 30.5 Å². The van der Waals surface area contributed by atoms with Crippen LogP contribution in [0, 0.1) is 0 Å². The number of carbonyl (C=O) groups is 1. The average molecular weight is 434 g/mol. The van der Waals surface area contributed by atoms with Gasteiger partial charge in [-0.1, -0.05) is 13.3 Å². The lowest BCUT2D eigenvalue weighted by atomic mass is 10.0. The predicted octanol–water partition coefficient (Wildman–Crippen LogP) is 4.77. The normalized spacial score (nSPS) is 11.7. The van der Waals surface area contributed by atoms with Crippen molar-refractivity contribution in [1.29, 1.82) is 0 Å². The van der Waals surface area contributed by atoms with Gasteiger partial charge in [0.25, 0.3) is 5.91 Å². The molecule has 1 aromatic carbocycles. The molecule has 2 aromatic heterocycles. The van der Waals surface area contributed by atoms with Crippen LogP contribution in [0.5, 0.6) is 0 Å². The number of fused-ring (bicyclic) bond motifs is 1. The second-order valence-electron chi connectivity index (χ2n) is 7.48. The summed E-state index contributed by atoms with van der Waals surface area (Å²) in [5.74, 6) is 0.0712. The summed E-state index contributed by atoms with van der Waals surface area (Å²) in [6.07, 6.45) is -1.24. The zero-order valence-electron chi connectivity index (χ0n) is 17.5. The van der Waals surface area contributed by atoms with E-state index in [1.54, 1.807) is 24.4 Å². The van der Waals surface area contributed by atoms with Crippen LogP contribution in [0.3, 0.4) is 0 Å². The van der Waals surface area contributed by atoms with Gasteiger partial charge in [-0.05, 0) is 50.1 Å². The molecule has 0 saturated heterocycles. The fraction of sp³-hybridized carbons (Fsp3) is 0.381. The molecular formula is C21H25F3N6O. The van der Waals surface area contributed by atoms with Gasteiger partial charge >= 0.3 is 6.18 Å². The first-order valence-electron chi connectivity index (χ1n) is 10.0. The molecule has 7 nitrogen and oxygen atoms in total. The third kappa shape index (κ3) is 5.87. The maximum atomic E-state index is 12.7. The SMILES string of the molecule is CCCc1cc(Nc2nc(NCC(F)(F)F)c3cc[nH]c3n2)ccc1C(=O)NC(C)C. The molecular weight excluding hydrogens is 409 g/mol. The van der Waals surface area contributed by atoms with E-state index in [1.807, 2.05) is 26.8 Å². The standard InChI is InChI=1S/C21H25F3N6O/c1-4-5-13-10-14(6-7-15(13)19(31)27-12(2)3)28-20-29-17-16(8-9-25-17)18(30-20)26-11-21(22,23)24/h6-10,12H,4-5,11H2,1-3H3,(H,27,31)(H3,25,26,28,29,30). The fourth-order valence-corrected chi connectivity index (χ4v) is 3.15. The molecule has 0 spiro atoms. The maximum absolute atomic E-state index is 12.7. The van der Waals surface area contributed by atoms with Crippen LogP contribution in [0.25, 0.3) is 11.0 Å². The summed E-state index contributed by atoms with van der Waals surface area (Å²) in [4.78, 5) is 23.9. The molecule has 0 aliphatic heterocycles. The summed E-state index contributed by atoms with van der Waals surface area (Å²) in [5.41, 5.74) is 2.50. The highest BCUT2D eigenvalue weighted by molar-refractivity contribution is 5.96. The highest BCUT2D eigenvalue weighted by Crippen LogP contribution is 2.26. The van der Waals surface area contributed by atoms with Gasteiger partial charge in [0.05, 0.1) is 5.39 Å². The first-order chi connectivity index (χ1) is 14.7. The topological polar surface area (TPSA) is 94.7 Å². The summed E-state index contributed by atoms with van der Waals surface area (Å²) in [6.45, 7) is 4.60. The minimum Gasteiger partial charge on any atom is -0.360 e. The number of H-pyrrole nitrogens is 1. The molecule has 0 fully saturated rings. The Kier molecular flexibility index (Phi) is 6.67. The van der Waals surface area contributed by atoms with Crippen LogP contribution < -0.4 is 16.0 Å². The Morgan fingerprint density at radius 2 is 1.97 bits per heavy atom. The third-order valence-electron chi connectivity index (χ3n) is 4.42. The number of hydrogen-bond donors (Lipinski definition) is 4. The van der Waals surface area contributed by atoms with Crippen molar-refractivity contribution < 1.29 is 18.0 Å². The van der Waals surface area contributed by atoms with Crippen LogP contribution in [0.1, 0.15) is 43.1 Å². The average Bonchev–Trinajstić information content (AvgIpc) is 3.14. The number of carbonyl (C=O) groups excluding carboxylic acids is 1. The molecule has 1 amide bonds. The Morgan fingerprint density at radius 3 is 2.65 bits per heavy atom. The van der Waals surface area contributed by atoms with Crippen LogP contribution >= 0.6 is 0 Å². The smallest absolute Gasteiger partial charge is 0.360 e. The minimum atomic E-state index is -4.37. The molecule has 3 aromatic rings. The summed E-state index contributed by atoms with van der Waals surface area (Å²) in [6, 6.07) is 6.91. The Morgan fingerprint density at radius 1 is 1.19 bits per heavy atom. The zero-order valence-corrected chi connectivity index (χ0v) is 17.5. The van der Waals surface area contributed by atoms with Gasteiger partial charge in [-0.15, -0.1) is 0 Å². The van der Waals surface area contributed by atoms with Gasteiger partial charge in [0.1, 0.15) is 18.0 Å². The van der Waals surface area contributed by atoms with Crippen LogP contribution in [-0.4, -0.2) is 39.6 Å². The van der Waals surface area contributed by atoms with Gasteiger partial charge in [-0.25, -0.2) is 0 Å². The van der Waals surface area contributed by atoms with Crippen molar-refractivity contribution in [2.24, 2.45) is 0 Å². The Labute approximate surface area is 177 Å². The van der Waals surface area contributed by atoms with Crippen molar-refractivity contribution in [1.82, 2.24) is 20.3 Å². The van der Waals surface area contributed by atoms with E-state index in [0.717, 1.165) is 12.0 Å². The van der Waals surface area contributed by atoms with E-state index in [0.29, 0.717) is 28.7 Å². The number of anilines is 3. The number of rotatable bonds is 8. The highest BCUT2D eigenvalue weighted by Gasteiger charge is 2.27. The van der Waals surface area contributed by atoms with Crippen molar-refractivity contribution >= 4 is 34.4 Å². The predicted molar refractivity (Wildman–Crippen MR) is 115 cm³/mol. The largest absolute Gasteiger partial charge is 0.405 e. The monoisotopic (exact) mass is 434 g/mol. The number of aromatic amines is 1. The second kappa shape index (κ2) is 9.23. The van der Waals surface area contributed by atoms with Gasteiger partial charge in [0.2, 0.25) is 5.95 Å². The number of amides is 1. The van der Waals surface area contributed by atoms with Crippen LogP contribution in [0.2, 0.25) is 0 Å². The molecule has 0 aliphatic carbocycles. The summed E-state index contributed by atoms with van der Waals surface area (Å²) >= 11 is 0. The Balaban J connectivity index is 1.89. The molecule has 31 heavy (non-hydrogen) atoms. The first kappa shape index (κ1) is 22.4. The van der Waals surface area contributed by atoms with E-state index in [1.165, 1.54) is 0 Å². The molecule has 0 atom stereocenters. The minimum absolute atomic E-state index is 0.0170. The highest BCUT2D eigenvalue weighted by atomic mass is 19.4. The number of aryl methyl sites for hydroxylation is 1. The molecule has 0 saturated carbocycles. The number of hydrogen-bond acceptors (Lipinski definition) is 5.